The van der Waals surface area contributed by atoms with E-state index in [9.17, 15) is 5.11 Å². The molecule has 1 unspecified atom stereocenters. The summed E-state index contributed by atoms with van der Waals surface area (Å²) in [5.74, 6) is 0. The zero-order valence-corrected chi connectivity index (χ0v) is 7.84. The molecule has 0 spiro atoms. The quantitative estimate of drug-likeness (QED) is 0.683. The maximum Gasteiger partial charge on any atom is 0.137 e. The smallest absolute Gasteiger partial charge is 0.137 e. The standard InChI is InChI=1S/C6H9Cl3O/c1-5(10,4(7)8)6(9)2-3-6/h4,10H,2-3H2,1H3. The molecule has 0 amide bonds. The lowest BCUT2D eigenvalue weighted by atomic mass is 10.0. The van der Waals surface area contributed by atoms with E-state index >= 15 is 0 Å². The number of aliphatic hydroxyl groups is 1. The SMILES string of the molecule is CC(O)(C(Cl)Cl)C1(Cl)CC1. The Morgan fingerprint density at radius 3 is 2.00 bits per heavy atom. The Bertz CT molecular complexity index is 140. The topological polar surface area (TPSA) is 20.2 Å². The number of hydrogen-bond acceptors (Lipinski definition) is 1. The van der Waals surface area contributed by atoms with Gasteiger partial charge >= 0.3 is 0 Å². The molecule has 60 valence electrons. The fraction of sp³-hybridized carbons (Fsp3) is 1.00. The van der Waals surface area contributed by atoms with Gasteiger partial charge in [0, 0.05) is 0 Å². The lowest BCUT2D eigenvalue weighted by molar-refractivity contribution is 0.0614. The van der Waals surface area contributed by atoms with E-state index in [1.807, 2.05) is 0 Å². The summed E-state index contributed by atoms with van der Waals surface area (Å²) < 4.78 is 0. The van der Waals surface area contributed by atoms with Gasteiger partial charge in [-0.3, -0.25) is 0 Å². The summed E-state index contributed by atoms with van der Waals surface area (Å²) in [6.07, 6.45) is 1.58. The number of hydrogen-bond donors (Lipinski definition) is 1. The molecule has 1 atom stereocenters. The van der Waals surface area contributed by atoms with Crippen LogP contribution in [0.4, 0.5) is 0 Å². The summed E-state index contributed by atoms with van der Waals surface area (Å²) in [5, 5.41) is 9.59. The third kappa shape index (κ3) is 1.25. The highest BCUT2D eigenvalue weighted by Crippen LogP contribution is 2.53. The minimum atomic E-state index is -1.16. The fourth-order valence-electron chi connectivity index (χ4n) is 0.811. The molecule has 1 fully saturated rings. The summed E-state index contributed by atoms with van der Waals surface area (Å²) in [6.45, 7) is 1.57. The molecule has 4 heteroatoms. The Morgan fingerprint density at radius 2 is 1.90 bits per heavy atom. The number of rotatable bonds is 2. The molecule has 0 radical (unpaired) electrons. The second-order valence-electron chi connectivity index (χ2n) is 2.91. The first-order valence-corrected chi connectivity index (χ1v) is 4.35. The van der Waals surface area contributed by atoms with Gasteiger partial charge in [-0.05, 0) is 19.8 Å². The van der Waals surface area contributed by atoms with Gasteiger partial charge in [-0.25, -0.2) is 0 Å². The lowest BCUT2D eigenvalue weighted by Crippen LogP contribution is -2.43. The molecule has 0 aliphatic heterocycles. The monoisotopic (exact) mass is 202 g/mol. The highest BCUT2D eigenvalue weighted by Gasteiger charge is 2.58. The van der Waals surface area contributed by atoms with Crippen LogP contribution in [0.2, 0.25) is 0 Å². The highest BCUT2D eigenvalue weighted by atomic mass is 35.5. The third-order valence-electron chi connectivity index (χ3n) is 2.02. The van der Waals surface area contributed by atoms with Crippen molar-refractivity contribution in [2.45, 2.75) is 35.1 Å². The summed E-state index contributed by atoms with van der Waals surface area (Å²) in [6, 6.07) is 0. The maximum absolute atomic E-state index is 9.59. The van der Waals surface area contributed by atoms with Crippen molar-refractivity contribution in [2.75, 3.05) is 0 Å². The van der Waals surface area contributed by atoms with Gasteiger partial charge in [-0.2, -0.15) is 0 Å². The Balaban J connectivity index is 2.67. The van der Waals surface area contributed by atoms with Gasteiger partial charge in [-0.1, -0.05) is 0 Å². The average molecular weight is 203 g/mol. The van der Waals surface area contributed by atoms with Gasteiger partial charge in [-0.15, -0.1) is 34.8 Å². The van der Waals surface area contributed by atoms with Crippen LogP contribution in [-0.4, -0.2) is 20.4 Å². The van der Waals surface area contributed by atoms with Crippen molar-refractivity contribution in [3.63, 3.8) is 0 Å². The van der Waals surface area contributed by atoms with Crippen LogP contribution in [-0.2, 0) is 0 Å². The van der Waals surface area contributed by atoms with Crippen molar-refractivity contribution in [1.29, 1.82) is 0 Å². The Morgan fingerprint density at radius 1 is 1.50 bits per heavy atom. The van der Waals surface area contributed by atoms with Gasteiger partial charge < -0.3 is 5.11 Å². The molecule has 1 saturated carbocycles. The summed E-state index contributed by atoms with van der Waals surface area (Å²) in [4.78, 5) is -1.38. The summed E-state index contributed by atoms with van der Waals surface area (Å²) in [5.41, 5.74) is -1.16. The molecular weight excluding hydrogens is 194 g/mol. The maximum atomic E-state index is 9.59. The first-order valence-electron chi connectivity index (χ1n) is 3.09. The molecule has 1 nitrogen and oxygen atoms in total. The zero-order valence-electron chi connectivity index (χ0n) is 5.57. The Labute approximate surface area is 75.3 Å². The van der Waals surface area contributed by atoms with E-state index in [1.54, 1.807) is 6.92 Å². The second-order valence-corrected chi connectivity index (χ2v) is 4.73. The van der Waals surface area contributed by atoms with Gasteiger partial charge in [0.1, 0.15) is 10.4 Å². The molecule has 0 saturated heterocycles. The van der Waals surface area contributed by atoms with Gasteiger partial charge in [0.15, 0.2) is 0 Å². The van der Waals surface area contributed by atoms with E-state index < -0.39 is 15.3 Å². The first kappa shape index (κ1) is 8.92. The van der Waals surface area contributed by atoms with Crippen LogP contribution in [0.5, 0.6) is 0 Å². The van der Waals surface area contributed by atoms with Crippen LogP contribution >= 0.6 is 34.8 Å². The fourth-order valence-corrected chi connectivity index (χ4v) is 1.54. The van der Waals surface area contributed by atoms with Crippen LogP contribution in [0.25, 0.3) is 0 Å². The van der Waals surface area contributed by atoms with Crippen molar-refractivity contribution in [2.24, 2.45) is 0 Å². The normalized spacial score (nSPS) is 28.2. The van der Waals surface area contributed by atoms with Crippen molar-refractivity contribution >= 4 is 34.8 Å². The second kappa shape index (κ2) is 2.41. The molecule has 1 N–H and O–H groups in total. The third-order valence-corrected chi connectivity index (χ3v) is 3.63. The first-order chi connectivity index (χ1) is 4.40. The predicted molar refractivity (Wildman–Crippen MR) is 43.9 cm³/mol. The van der Waals surface area contributed by atoms with Crippen molar-refractivity contribution in [3.05, 3.63) is 0 Å². The number of alkyl halides is 3. The Kier molecular flexibility index (Phi) is 2.15. The van der Waals surface area contributed by atoms with E-state index in [2.05, 4.69) is 0 Å². The van der Waals surface area contributed by atoms with Gasteiger partial charge in [0.25, 0.3) is 0 Å². The molecule has 0 heterocycles. The molecule has 10 heavy (non-hydrogen) atoms. The minimum absolute atomic E-state index is 0.568. The van der Waals surface area contributed by atoms with Crippen molar-refractivity contribution in [3.8, 4) is 0 Å². The van der Waals surface area contributed by atoms with E-state index in [0.29, 0.717) is 0 Å². The van der Waals surface area contributed by atoms with E-state index in [4.69, 9.17) is 34.8 Å². The summed E-state index contributed by atoms with van der Waals surface area (Å²) in [7, 11) is 0. The molecule has 1 aliphatic rings. The molecule has 1 aliphatic carbocycles. The van der Waals surface area contributed by atoms with Crippen LogP contribution < -0.4 is 0 Å². The average Bonchev–Trinajstić information content (AvgIpc) is 2.48. The molecular formula is C6H9Cl3O. The van der Waals surface area contributed by atoms with Crippen LogP contribution in [0.1, 0.15) is 19.8 Å². The molecule has 0 aromatic carbocycles. The molecule has 1 rings (SSSR count). The molecule has 0 bridgehead atoms. The Hall–Kier alpha value is 0.830. The van der Waals surface area contributed by atoms with E-state index in [1.165, 1.54) is 0 Å². The predicted octanol–water partition coefficient (Wildman–Crippen LogP) is 2.31. The molecule has 0 aromatic rings. The van der Waals surface area contributed by atoms with Gasteiger partial charge in [0.2, 0.25) is 0 Å². The molecule has 0 aromatic heterocycles. The zero-order chi connectivity index (χ0) is 7.99. The van der Waals surface area contributed by atoms with Crippen LogP contribution in [0, 0.1) is 0 Å². The minimum Gasteiger partial charge on any atom is -0.385 e. The van der Waals surface area contributed by atoms with Crippen molar-refractivity contribution < 1.29 is 5.11 Å². The summed E-state index contributed by atoms with van der Waals surface area (Å²) >= 11 is 17.0. The van der Waals surface area contributed by atoms with E-state index in [0.717, 1.165) is 12.8 Å². The lowest BCUT2D eigenvalue weighted by Gasteiger charge is -2.29. The highest BCUT2D eigenvalue weighted by molar-refractivity contribution is 6.46. The van der Waals surface area contributed by atoms with E-state index in [-0.39, 0.29) is 0 Å². The van der Waals surface area contributed by atoms with Crippen LogP contribution in [0.3, 0.4) is 0 Å². The van der Waals surface area contributed by atoms with Crippen molar-refractivity contribution in [1.82, 2.24) is 0 Å². The number of halogens is 3. The van der Waals surface area contributed by atoms with Gasteiger partial charge in [0.05, 0.1) is 4.87 Å². The van der Waals surface area contributed by atoms with Crippen LogP contribution in [0.15, 0.2) is 0 Å². The largest absolute Gasteiger partial charge is 0.385 e.